The van der Waals surface area contributed by atoms with Crippen LogP contribution in [0.5, 0.6) is 0 Å². The summed E-state index contributed by atoms with van der Waals surface area (Å²) in [7, 11) is 0. The van der Waals surface area contributed by atoms with Crippen LogP contribution < -0.4 is 5.32 Å². The average molecular weight is 443 g/mol. The van der Waals surface area contributed by atoms with Crippen molar-refractivity contribution in [3.63, 3.8) is 0 Å². The van der Waals surface area contributed by atoms with Crippen LogP contribution in [0.15, 0.2) is 57.4 Å². The third-order valence-corrected chi connectivity index (χ3v) is 5.68. The van der Waals surface area contributed by atoms with Crippen molar-refractivity contribution < 1.29 is 18.8 Å². The first-order chi connectivity index (χ1) is 13.5. The van der Waals surface area contributed by atoms with E-state index < -0.39 is 0 Å². The van der Waals surface area contributed by atoms with E-state index in [4.69, 9.17) is 4.42 Å². The van der Waals surface area contributed by atoms with Crippen LogP contribution in [0, 0.1) is 11.8 Å². The van der Waals surface area contributed by atoms with Gasteiger partial charge in [0.2, 0.25) is 17.7 Å². The summed E-state index contributed by atoms with van der Waals surface area (Å²) in [5.41, 5.74) is 0.935. The fourth-order valence-electron chi connectivity index (χ4n) is 3.65. The number of carbonyl (C=O) groups excluding carboxylic acids is 3. The number of amides is 3. The zero-order valence-corrected chi connectivity index (χ0v) is 16.6. The molecule has 0 radical (unpaired) electrons. The van der Waals surface area contributed by atoms with E-state index in [0.29, 0.717) is 24.4 Å². The molecule has 144 valence electrons. The SMILES string of the molecule is O=C(CN1C(=O)[C@H]2CC=CC[C@@H]2C1=O)NCc1ccc(-c2ccc(Br)cc2)o1. The smallest absolute Gasteiger partial charge is 0.240 e. The summed E-state index contributed by atoms with van der Waals surface area (Å²) in [6.07, 6.45) is 4.99. The lowest BCUT2D eigenvalue weighted by Crippen LogP contribution is -2.40. The Balaban J connectivity index is 1.33. The summed E-state index contributed by atoms with van der Waals surface area (Å²) < 4.78 is 6.75. The van der Waals surface area contributed by atoms with E-state index in [1.807, 2.05) is 42.5 Å². The topological polar surface area (TPSA) is 79.6 Å². The Bertz CT molecular complexity index is 922. The van der Waals surface area contributed by atoms with Crippen molar-refractivity contribution in [1.82, 2.24) is 10.2 Å². The van der Waals surface area contributed by atoms with E-state index in [0.717, 1.165) is 14.9 Å². The van der Waals surface area contributed by atoms with Crippen LogP contribution in [0.25, 0.3) is 11.3 Å². The van der Waals surface area contributed by atoms with Crippen molar-refractivity contribution in [2.45, 2.75) is 19.4 Å². The number of carbonyl (C=O) groups is 3. The number of imide groups is 1. The summed E-state index contributed by atoms with van der Waals surface area (Å²) in [4.78, 5) is 38.2. The molecular formula is C21H19BrN2O4. The van der Waals surface area contributed by atoms with Gasteiger partial charge in [0.15, 0.2) is 0 Å². The Morgan fingerprint density at radius 2 is 1.68 bits per heavy atom. The zero-order chi connectivity index (χ0) is 19.7. The van der Waals surface area contributed by atoms with Crippen LogP contribution in [-0.2, 0) is 20.9 Å². The molecule has 3 amide bonds. The van der Waals surface area contributed by atoms with Crippen LogP contribution >= 0.6 is 15.9 Å². The van der Waals surface area contributed by atoms with E-state index in [1.165, 1.54) is 0 Å². The summed E-state index contributed by atoms with van der Waals surface area (Å²) >= 11 is 3.39. The molecule has 1 N–H and O–H groups in total. The molecule has 2 heterocycles. The molecule has 1 aliphatic heterocycles. The largest absolute Gasteiger partial charge is 0.459 e. The minimum Gasteiger partial charge on any atom is -0.459 e. The monoisotopic (exact) mass is 442 g/mol. The van der Waals surface area contributed by atoms with Crippen LogP contribution in [0.1, 0.15) is 18.6 Å². The number of rotatable bonds is 5. The highest BCUT2D eigenvalue weighted by Crippen LogP contribution is 2.34. The number of likely N-dealkylation sites (tertiary alicyclic amines) is 1. The van der Waals surface area contributed by atoms with Gasteiger partial charge in [0.05, 0.1) is 18.4 Å². The highest BCUT2D eigenvalue weighted by molar-refractivity contribution is 9.10. The lowest BCUT2D eigenvalue weighted by Gasteiger charge is -2.14. The summed E-state index contributed by atoms with van der Waals surface area (Å²) in [6, 6.07) is 11.4. The van der Waals surface area contributed by atoms with Gasteiger partial charge in [-0.3, -0.25) is 19.3 Å². The molecule has 6 nitrogen and oxygen atoms in total. The first-order valence-corrected chi connectivity index (χ1v) is 9.94. The normalized spacial score (nSPS) is 21.1. The first kappa shape index (κ1) is 18.7. The third kappa shape index (κ3) is 3.67. The molecule has 1 aliphatic carbocycles. The minimum atomic E-state index is -0.380. The summed E-state index contributed by atoms with van der Waals surface area (Å²) in [6.45, 7) is -0.0507. The molecule has 4 rings (SSSR count). The van der Waals surface area contributed by atoms with E-state index in [1.54, 1.807) is 6.07 Å². The van der Waals surface area contributed by atoms with Crippen molar-refractivity contribution in [3.8, 4) is 11.3 Å². The van der Waals surface area contributed by atoms with Gasteiger partial charge in [-0.1, -0.05) is 40.2 Å². The molecule has 0 unspecified atom stereocenters. The molecule has 0 spiro atoms. The Hall–Kier alpha value is -2.67. The molecule has 1 saturated heterocycles. The van der Waals surface area contributed by atoms with Crippen LogP contribution in [0.2, 0.25) is 0 Å². The van der Waals surface area contributed by atoms with Crippen LogP contribution in [-0.4, -0.2) is 29.2 Å². The van der Waals surface area contributed by atoms with Gasteiger partial charge in [0.25, 0.3) is 0 Å². The number of hydrogen-bond donors (Lipinski definition) is 1. The predicted octanol–water partition coefficient (Wildman–Crippen LogP) is 3.28. The molecule has 2 aliphatic rings. The Morgan fingerprint density at radius 3 is 2.32 bits per heavy atom. The van der Waals surface area contributed by atoms with Gasteiger partial charge >= 0.3 is 0 Å². The maximum absolute atomic E-state index is 12.4. The van der Waals surface area contributed by atoms with Crippen molar-refractivity contribution in [3.05, 3.63) is 58.8 Å². The van der Waals surface area contributed by atoms with Crippen molar-refractivity contribution in [2.75, 3.05) is 6.54 Å². The third-order valence-electron chi connectivity index (χ3n) is 5.15. The van der Waals surface area contributed by atoms with Crippen molar-refractivity contribution in [2.24, 2.45) is 11.8 Å². The first-order valence-electron chi connectivity index (χ1n) is 9.14. The number of fused-ring (bicyclic) bond motifs is 1. The van der Waals surface area contributed by atoms with E-state index in [9.17, 15) is 14.4 Å². The molecule has 7 heteroatoms. The quantitative estimate of drug-likeness (QED) is 0.569. The van der Waals surface area contributed by atoms with Crippen LogP contribution in [0.3, 0.4) is 0 Å². The second-order valence-electron chi connectivity index (χ2n) is 6.97. The number of hydrogen-bond acceptors (Lipinski definition) is 4. The average Bonchev–Trinajstić information content (AvgIpc) is 3.27. The number of nitrogens with one attached hydrogen (secondary N) is 1. The lowest BCUT2D eigenvalue weighted by atomic mass is 9.85. The predicted molar refractivity (Wildman–Crippen MR) is 106 cm³/mol. The molecule has 2 atom stereocenters. The Labute approximate surface area is 170 Å². The maximum Gasteiger partial charge on any atom is 0.240 e. The van der Waals surface area contributed by atoms with E-state index >= 15 is 0 Å². The van der Waals surface area contributed by atoms with Crippen molar-refractivity contribution in [1.29, 1.82) is 0 Å². The fraction of sp³-hybridized carbons (Fsp3) is 0.286. The minimum absolute atomic E-state index is 0.194. The van der Waals surface area contributed by atoms with Gasteiger partial charge in [-0.2, -0.15) is 0 Å². The highest BCUT2D eigenvalue weighted by Gasteiger charge is 2.47. The van der Waals surface area contributed by atoms with E-state index in [-0.39, 0.29) is 42.6 Å². The molecular weight excluding hydrogens is 424 g/mol. The molecule has 1 aromatic carbocycles. The summed E-state index contributed by atoms with van der Waals surface area (Å²) in [5.74, 6) is -0.195. The molecule has 0 saturated carbocycles. The maximum atomic E-state index is 12.4. The molecule has 2 aromatic rings. The van der Waals surface area contributed by atoms with E-state index in [2.05, 4.69) is 21.2 Å². The second kappa shape index (κ2) is 7.75. The van der Waals surface area contributed by atoms with Crippen molar-refractivity contribution >= 4 is 33.7 Å². The van der Waals surface area contributed by atoms with Gasteiger partial charge in [0, 0.05) is 10.0 Å². The Kier molecular flexibility index (Phi) is 5.17. The van der Waals surface area contributed by atoms with Crippen LogP contribution in [0.4, 0.5) is 0 Å². The van der Waals surface area contributed by atoms with Gasteiger partial charge in [0.1, 0.15) is 18.1 Å². The zero-order valence-electron chi connectivity index (χ0n) is 15.1. The lowest BCUT2D eigenvalue weighted by molar-refractivity contribution is -0.143. The van der Waals surface area contributed by atoms with Gasteiger partial charge in [-0.15, -0.1) is 0 Å². The van der Waals surface area contributed by atoms with Gasteiger partial charge in [-0.05, 0) is 37.1 Å². The molecule has 0 bridgehead atoms. The highest BCUT2D eigenvalue weighted by atomic mass is 79.9. The number of nitrogens with zero attached hydrogens (tertiary/aromatic N) is 1. The molecule has 1 fully saturated rings. The standard InChI is InChI=1S/C21H19BrN2O4/c22-14-7-5-13(6-8-14)18-10-9-15(28-18)11-23-19(25)12-24-20(26)16-3-1-2-4-17(16)21(24)27/h1-2,5-10,16-17H,3-4,11-12H2,(H,23,25)/t16-,17-/m0/s1. The molecule has 1 aromatic heterocycles. The number of furan rings is 1. The fourth-order valence-corrected chi connectivity index (χ4v) is 3.92. The van der Waals surface area contributed by atoms with Gasteiger partial charge in [-0.25, -0.2) is 0 Å². The second-order valence-corrected chi connectivity index (χ2v) is 7.88. The Morgan fingerprint density at radius 1 is 1.04 bits per heavy atom. The number of benzene rings is 1. The molecule has 28 heavy (non-hydrogen) atoms. The number of halogens is 1. The number of allylic oxidation sites excluding steroid dienone is 2. The summed E-state index contributed by atoms with van der Waals surface area (Å²) in [5, 5.41) is 2.72. The van der Waals surface area contributed by atoms with Gasteiger partial charge < -0.3 is 9.73 Å².